The van der Waals surface area contributed by atoms with Crippen molar-refractivity contribution in [2.75, 3.05) is 6.54 Å². The molecule has 7 heteroatoms. The Hall–Kier alpha value is -3.22. The van der Waals surface area contributed by atoms with Gasteiger partial charge in [0, 0.05) is 30.2 Å². The summed E-state index contributed by atoms with van der Waals surface area (Å²) in [6, 6.07) is 14.1. The molecule has 0 aliphatic heterocycles. The van der Waals surface area contributed by atoms with E-state index in [-0.39, 0.29) is 6.54 Å². The second-order valence-electron chi connectivity index (χ2n) is 6.24. The van der Waals surface area contributed by atoms with Crippen molar-refractivity contribution in [2.24, 2.45) is 0 Å². The third-order valence-corrected chi connectivity index (χ3v) is 4.29. The fraction of sp³-hybridized carbons (Fsp3) is 0.190. The van der Waals surface area contributed by atoms with Crippen LogP contribution in [0.2, 0.25) is 0 Å². The number of pyridine rings is 2. The maximum atomic E-state index is 13.0. The molecule has 0 spiro atoms. The van der Waals surface area contributed by atoms with E-state index in [1.807, 2.05) is 43.3 Å². The van der Waals surface area contributed by atoms with Crippen LogP contribution in [0.5, 0.6) is 0 Å². The van der Waals surface area contributed by atoms with Crippen LogP contribution < -0.4 is 5.32 Å². The van der Waals surface area contributed by atoms with Gasteiger partial charge in [0.1, 0.15) is 0 Å². The van der Waals surface area contributed by atoms with Crippen molar-refractivity contribution in [2.45, 2.75) is 19.5 Å². The van der Waals surface area contributed by atoms with Crippen LogP contribution in [-0.2, 0) is 12.6 Å². The summed E-state index contributed by atoms with van der Waals surface area (Å²) in [5, 5.41) is 2.53. The van der Waals surface area contributed by atoms with Crippen molar-refractivity contribution in [3.05, 3.63) is 83.4 Å². The molecule has 2 heterocycles. The van der Waals surface area contributed by atoms with Gasteiger partial charge in [0.05, 0.1) is 5.56 Å². The van der Waals surface area contributed by atoms with E-state index < -0.39 is 23.3 Å². The van der Waals surface area contributed by atoms with Crippen molar-refractivity contribution < 1.29 is 18.0 Å². The number of carbonyl (C=O) groups is 1. The minimum absolute atomic E-state index is 0.219. The number of carbonyl (C=O) groups excluding carboxylic acids is 1. The molecule has 0 radical (unpaired) electrons. The highest BCUT2D eigenvalue weighted by atomic mass is 19.4. The predicted octanol–water partition coefficient (Wildman–Crippen LogP) is 4.44. The summed E-state index contributed by atoms with van der Waals surface area (Å²) in [4.78, 5) is 19.7. The van der Waals surface area contributed by atoms with Gasteiger partial charge >= 0.3 is 6.18 Å². The molecule has 28 heavy (non-hydrogen) atoms. The van der Waals surface area contributed by atoms with Crippen LogP contribution in [0.15, 0.2) is 60.9 Å². The Morgan fingerprint density at radius 1 is 1.00 bits per heavy atom. The average molecular weight is 385 g/mol. The Morgan fingerprint density at radius 3 is 2.36 bits per heavy atom. The first-order chi connectivity index (χ1) is 13.4. The van der Waals surface area contributed by atoms with Crippen molar-refractivity contribution in [3.63, 3.8) is 0 Å². The third kappa shape index (κ3) is 4.54. The van der Waals surface area contributed by atoms with Crippen molar-refractivity contribution in [3.8, 4) is 11.1 Å². The molecule has 0 fully saturated rings. The number of aromatic nitrogens is 2. The summed E-state index contributed by atoms with van der Waals surface area (Å²) in [5.74, 6) is -0.789. The molecule has 1 amide bonds. The molecular weight excluding hydrogens is 367 g/mol. The smallest absolute Gasteiger partial charge is 0.352 e. The van der Waals surface area contributed by atoms with E-state index in [1.54, 1.807) is 6.20 Å². The standard InChI is InChI=1S/C21H18F3N3O/c1-14-17(4-2-11-25-14)16-8-6-15(7-9-16)10-13-27-20(28)18-5-3-12-26-19(18)21(22,23)24/h2-9,11-12H,10,13H2,1H3,(H,27,28). The minimum atomic E-state index is -4.67. The Morgan fingerprint density at radius 2 is 1.68 bits per heavy atom. The molecule has 0 aliphatic carbocycles. The van der Waals surface area contributed by atoms with Gasteiger partial charge in [0.15, 0.2) is 5.69 Å². The summed E-state index contributed by atoms with van der Waals surface area (Å²) in [7, 11) is 0. The number of alkyl halides is 3. The van der Waals surface area contributed by atoms with E-state index in [4.69, 9.17) is 0 Å². The van der Waals surface area contributed by atoms with Crippen molar-refractivity contribution in [1.82, 2.24) is 15.3 Å². The van der Waals surface area contributed by atoms with Crippen LogP contribution >= 0.6 is 0 Å². The second kappa shape index (κ2) is 8.21. The maximum Gasteiger partial charge on any atom is 0.434 e. The summed E-state index contributed by atoms with van der Waals surface area (Å²) in [5.41, 5.74) is 2.32. The lowest BCUT2D eigenvalue weighted by molar-refractivity contribution is -0.141. The van der Waals surface area contributed by atoms with Crippen molar-refractivity contribution in [1.29, 1.82) is 0 Å². The van der Waals surface area contributed by atoms with Gasteiger partial charge in [-0.25, -0.2) is 0 Å². The predicted molar refractivity (Wildman–Crippen MR) is 99.7 cm³/mol. The Kier molecular flexibility index (Phi) is 5.73. The van der Waals surface area contributed by atoms with E-state index in [0.717, 1.165) is 34.6 Å². The first-order valence-corrected chi connectivity index (χ1v) is 8.67. The van der Waals surface area contributed by atoms with Crippen LogP contribution in [0.1, 0.15) is 27.3 Å². The van der Waals surface area contributed by atoms with Crippen molar-refractivity contribution >= 4 is 5.91 Å². The number of hydrogen-bond acceptors (Lipinski definition) is 3. The molecule has 0 atom stereocenters. The molecule has 3 rings (SSSR count). The number of aryl methyl sites for hydroxylation is 1. The second-order valence-corrected chi connectivity index (χ2v) is 6.24. The van der Waals surface area contributed by atoms with Gasteiger partial charge in [0.25, 0.3) is 5.91 Å². The lowest BCUT2D eigenvalue weighted by Crippen LogP contribution is -2.28. The molecule has 2 aromatic heterocycles. The normalized spacial score (nSPS) is 11.3. The SMILES string of the molecule is Cc1ncccc1-c1ccc(CCNC(=O)c2cccnc2C(F)(F)F)cc1. The van der Waals surface area contributed by atoms with Crippen LogP contribution in [0.3, 0.4) is 0 Å². The molecule has 0 aliphatic rings. The lowest BCUT2D eigenvalue weighted by Gasteiger charge is -2.11. The zero-order valence-corrected chi connectivity index (χ0v) is 15.1. The largest absolute Gasteiger partial charge is 0.434 e. The van der Waals surface area contributed by atoms with Gasteiger partial charge in [-0.05, 0) is 42.7 Å². The summed E-state index contributed by atoms with van der Waals surface area (Å²) in [6.07, 6.45) is -1.42. The number of rotatable bonds is 5. The molecule has 0 saturated heterocycles. The lowest BCUT2D eigenvalue weighted by atomic mass is 10.0. The summed E-state index contributed by atoms with van der Waals surface area (Å²) < 4.78 is 38.9. The first-order valence-electron chi connectivity index (χ1n) is 8.67. The van der Waals surface area contributed by atoms with Crippen LogP contribution in [0, 0.1) is 6.92 Å². The van der Waals surface area contributed by atoms with Gasteiger partial charge in [-0.2, -0.15) is 13.2 Å². The highest BCUT2D eigenvalue weighted by Gasteiger charge is 2.36. The molecule has 4 nitrogen and oxygen atoms in total. The van der Waals surface area contributed by atoms with Gasteiger partial charge in [-0.15, -0.1) is 0 Å². The van der Waals surface area contributed by atoms with Gasteiger partial charge < -0.3 is 5.32 Å². The summed E-state index contributed by atoms with van der Waals surface area (Å²) >= 11 is 0. The van der Waals surface area contributed by atoms with Gasteiger partial charge in [0.2, 0.25) is 0 Å². The number of hydrogen-bond donors (Lipinski definition) is 1. The fourth-order valence-corrected chi connectivity index (χ4v) is 2.87. The molecule has 1 aromatic carbocycles. The number of halogens is 3. The van der Waals surface area contributed by atoms with E-state index in [9.17, 15) is 18.0 Å². The number of nitrogens with one attached hydrogen (secondary N) is 1. The van der Waals surface area contributed by atoms with E-state index in [2.05, 4.69) is 15.3 Å². The van der Waals surface area contributed by atoms with Crippen LogP contribution in [0.25, 0.3) is 11.1 Å². The number of amides is 1. The number of benzene rings is 1. The topological polar surface area (TPSA) is 54.9 Å². The summed E-state index contributed by atoms with van der Waals surface area (Å²) in [6.45, 7) is 2.16. The molecule has 0 bridgehead atoms. The zero-order valence-electron chi connectivity index (χ0n) is 15.1. The van der Waals surface area contributed by atoms with Gasteiger partial charge in [-0.1, -0.05) is 30.3 Å². The zero-order chi connectivity index (χ0) is 20.1. The molecule has 144 valence electrons. The van der Waals surface area contributed by atoms with Crippen LogP contribution in [-0.4, -0.2) is 22.4 Å². The highest BCUT2D eigenvalue weighted by Crippen LogP contribution is 2.30. The monoisotopic (exact) mass is 385 g/mol. The molecular formula is C21H18F3N3O. The Bertz CT molecular complexity index is 969. The molecule has 1 N–H and O–H groups in total. The van der Waals surface area contributed by atoms with Crippen LogP contribution in [0.4, 0.5) is 13.2 Å². The average Bonchev–Trinajstić information content (AvgIpc) is 2.68. The quantitative estimate of drug-likeness (QED) is 0.706. The highest BCUT2D eigenvalue weighted by molar-refractivity contribution is 5.95. The van der Waals surface area contributed by atoms with E-state index in [0.29, 0.717) is 6.42 Å². The Labute approximate surface area is 160 Å². The molecule has 3 aromatic rings. The maximum absolute atomic E-state index is 13.0. The fourth-order valence-electron chi connectivity index (χ4n) is 2.87. The van der Waals surface area contributed by atoms with Gasteiger partial charge in [-0.3, -0.25) is 14.8 Å². The minimum Gasteiger partial charge on any atom is -0.352 e. The first kappa shape index (κ1) is 19.5. The van der Waals surface area contributed by atoms with E-state index >= 15 is 0 Å². The molecule has 0 saturated carbocycles. The Balaban J connectivity index is 1.62. The molecule has 0 unspecified atom stereocenters. The van der Waals surface area contributed by atoms with E-state index in [1.165, 1.54) is 6.07 Å². The third-order valence-electron chi connectivity index (χ3n) is 4.29. The number of nitrogens with zero attached hydrogens (tertiary/aromatic N) is 2.